The average Bonchev–Trinajstić information content (AvgIpc) is 2.57. The number of hydrogen-bond donors (Lipinski definition) is 2. The fraction of sp³-hybridized carbons (Fsp3) is 0.632. The maximum Gasteiger partial charge on any atom is 0.241 e. The van der Waals surface area contributed by atoms with Gasteiger partial charge in [0, 0.05) is 6.26 Å². The molecule has 1 heterocycles. The van der Waals surface area contributed by atoms with E-state index in [-0.39, 0.29) is 18.6 Å². The third-order valence-corrected chi connectivity index (χ3v) is 6.89. The van der Waals surface area contributed by atoms with Crippen LogP contribution in [0.25, 0.3) is 0 Å². The van der Waals surface area contributed by atoms with Gasteiger partial charge in [0.15, 0.2) is 14.6 Å². The molecule has 2 rings (SSSR count). The molecule has 146 valence electrons. The third kappa shape index (κ3) is 4.57. The minimum atomic E-state index is -3.49. The largest absolute Gasteiger partial charge is 0.491 e. The molecule has 1 saturated heterocycles. The van der Waals surface area contributed by atoms with Gasteiger partial charge in [-0.2, -0.15) is 0 Å². The summed E-state index contributed by atoms with van der Waals surface area (Å²) in [6.45, 7) is 7.95. The zero-order chi connectivity index (χ0) is 19.4. The standard InChI is InChI=1S/C19H30N2O4S/c1-18(2,3)15-7-5-6-8-16(15)25-14-13-21-17(22)19(26(4,23)24)9-11-20-12-10-19/h5-8,20H,9-14H2,1-4H3,(H,21,22). The van der Waals surface area contributed by atoms with Gasteiger partial charge >= 0.3 is 0 Å². The van der Waals surface area contributed by atoms with E-state index in [2.05, 4.69) is 31.4 Å². The van der Waals surface area contributed by atoms with Crippen molar-refractivity contribution in [1.82, 2.24) is 10.6 Å². The van der Waals surface area contributed by atoms with Gasteiger partial charge in [0.05, 0.1) is 6.54 Å². The number of benzene rings is 1. The summed E-state index contributed by atoms with van der Waals surface area (Å²) in [6.07, 6.45) is 1.74. The number of nitrogens with one attached hydrogen (secondary N) is 2. The van der Waals surface area contributed by atoms with Crippen LogP contribution >= 0.6 is 0 Å². The van der Waals surface area contributed by atoms with E-state index in [1.807, 2.05) is 24.3 Å². The van der Waals surface area contributed by atoms with E-state index in [0.29, 0.717) is 25.9 Å². The topological polar surface area (TPSA) is 84.5 Å². The Hall–Kier alpha value is -1.60. The summed E-state index contributed by atoms with van der Waals surface area (Å²) in [7, 11) is -3.49. The highest BCUT2D eigenvalue weighted by atomic mass is 32.2. The summed E-state index contributed by atoms with van der Waals surface area (Å²) >= 11 is 0. The van der Waals surface area contributed by atoms with Crippen LogP contribution < -0.4 is 15.4 Å². The van der Waals surface area contributed by atoms with E-state index in [4.69, 9.17) is 4.74 Å². The molecule has 26 heavy (non-hydrogen) atoms. The molecule has 0 radical (unpaired) electrons. The molecule has 0 aliphatic carbocycles. The number of para-hydroxylation sites is 1. The lowest BCUT2D eigenvalue weighted by atomic mass is 9.86. The van der Waals surface area contributed by atoms with Gasteiger partial charge in [0.25, 0.3) is 0 Å². The SMILES string of the molecule is CC(C)(C)c1ccccc1OCCNC(=O)C1(S(C)(=O)=O)CCNCC1. The molecule has 6 nitrogen and oxygen atoms in total. The first-order valence-electron chi connectivity index (χ1n) is 8.99. The monoisotopic (exact) mass is 382 g/mol. The van der Waals surface area contributed by atoms with Crippen molar-refractivity contribution in [2.45, 2.75) is 43.8 Å². The Morgan fingerprint density at radius 3 is 2.42 bits per heavy atom. The van der Waals surface area contributed by atoms with Gasteiger partial charge in [-0.05, 0) is 43.0 Å². The van der Waals surface area contributed by atoms with E-state index in [0.717, 1.165) is 17.6 Å². The van der Waals surface area contributed by atoms with Gasteiger partial charge in [-0.1, -0.05) is 39.0 Å². The normalized spacial score (nSPS) is 17.5. The summed E-state index contributed by atoms with van der Waals surface area (Å²) < 4.78 is 29.0. The van der Waals surface area contributed by atoms with Crippen LogP contribution in [0.2, 0.25) is 0 Å². The molecule has 0 saturated carbocycles. The van der Waals surface area contributed by atoms with Gasteiger partial charge in [0.1, 0.15) is 12.4 Å². The van der Waals surface area contributed by atoms with Gasteiger partial charge < -0.3 is 15.4 Å². The molecule has 2 N–H and O–H groups in total. The lowest BCUT2D eigenvalue weighted by Gasteiger charge is -2.34. The molecule has 0 spiro atoms. The van der Waals surface area contributed by atoms with Gasteiger partial charge in [-0.25, -0.2) is 8.42 Å². The summed E-state index contributed by atoms with van der Waals surface area (Å²) in [5.41, 5.74) is 1.05. The van der Waals surface area contributed by atoms with Crippen molar-refractivity contribution in [3.8, 4) is 5.75 Å². The Morgan fingerprint density at radius 2 is 1.85 bits per heavy atom. The van der Waals surface area contributed by atoms with Gasteiger partial charge in [-0.15, -0.1) is 0 Å². The van der Waals surface area contributed by atoms with Crippen molar-refractivity contribution in [2.24, 2.45) is 0 Å². The third-order valence-electron chi connectivity index (χ3n) is 4.88. The van der Waals surface area contributed by atoms with Crippen molar-refractivity contribution in [3.63, 3.8) is 0 Å². The van der Waals surface area contributed by atoms with Crippen LogP contribution in [0.15, 0.2) is 24.3 Å². The van der Waals surface area contributed by atoms with Gasteiger partial charge in [0.2, 0.25) is 5.91 Å². The van der Waals surface area contributed by atoms with Crippen LogP contribution in [-0.4, -0.2) is 51.6 Å². The minimum absolute atomic E-state index is 0.0463. The Labute approximate surface area is 156 Å². The first-order valence-corrected chi connectivity index (χ1v) is 10.9. The summed E-state index contributed by atoms with van der Waals surface area (Å²) in [5, 5.41) is 5.86. The van der Waals surface area contributed by atoms with Crippen molar-refractivity contribution in [2.75, 3.05) is 32.5 Å². The Morgan fingerprint density at radius 1 is 1.23 bits per heavy atom. The molecular weight excluding hydrogens is 352 g/mol. The summed E-state index contributed by atoms with van der Waals surface area (Å²) in [4.78, 5) is 12.6. The van der Waals surface area contributed by atoms with Gasteiger partial charge in [-0.3, -0.25) is 4.79 Å². The molecule has 1 aliphatic heterocycles. The zero-order valence-corrected chi connectivity index (χ0v) is 16.9. The molecule has 0 bridgehead atoms. The molecule has 1 aromatic rings. The van der Waals surface area contributed by atoms with E-state index in [1.54, 1.807) is 0 Å². The molecule has 0 unspecified atom stereocenters. The molecule has 0 atom stereocenters. The number of carbonyl (C=O) groups excluding carboxylic acids is 1. The summed E-state index contributed by atoms with van der Waals surface area (Å²) in [6, 6.07) is 7.83. The second-order valence-electron chi connectivity index (χ2n) is 7.87. The number of piperidine rings is 1. The van der Waals surface area contributed by atoms with Crippen molar-refractivity contribution >= 4 is 15.7 Å². The molecule has 1 amide bonds. The smallest absolute Gasteiger partial charge is 0.241 e. The molecule has 1 fully saturated rings. The van der Waals surface area contributed by atoms with Crippen molar-refractivity contribution in [3.05, 3.63) is 29.8 Å². The second-order valence-corrected chi connectivity index (χ2v) is 10.2. The molecule has 0 aromatic heterocycles. The second kappa shape index (κ2) is 7.96. The molecule has 7 heteroatoms. The predicted molar refractivity (Wildman–Crippen MR) is 103 cm³/mol. The number of amides is 1. The first-order chi connectivity index (χ1) is 12.1. The quantitative estimate of drug-likeness (QED) is 0.731. The number of carbonyl (C=O) groups is 1. The van der Waals surface area contributed by atoms with Crippen LogP contribution in [0.3, 0.4) is 0 Å². The molecular formula is C19H30N2O4S. The van der Waals surface area contributed by atoms with E-state index in [9.17, 15) is 13.2 Å². The maximum atomic E-state index is 12.6. The highest BCUT2D eigenvalue weighted by Gasteiger charge is 2.48. The number of rotatable bonds is 6. The fourth-order valence-electron chi connectivity index (χ4n) is 3.30. The van der Waals surface area contributed by atoms with Crippen LogP contribution in [0.5, 0.6) is 5.75 Å². The summed E-state index contributed by atoms with van der Waals surface area (Å²) in [5.74, 6) is 0.364. The van der Waals surface area contributed by atoms with Crippen LogP contribution in [0, 0.1) is 0 Å². The molecule has 1 aromatic carbocycles. The van der Waals surface area contributed by atoms with Crippen molar-refractivity contribution < 1.29 is 17.9 Å². The number of ether oxygens (including phenoxy) is 1. The minimum Gasteiger partial charge on any atom is -0.491 e. The Bertz CT molecular complexity index is 732. The first kappa shape index (κ1) is 20.7. The molecule has 1 aliphatic rings. The van der Waals surface area contributed by atoms with E-state index < -0.39 is 20.5 Å². The van der Waals surface area contributed by atoms with Crippen LogP contribution in [0.4, 0.5) is 0 Å². The maximum absolute atomic E-state index is 12.6. The van der Waals surface area contributed by atoms with E-state index >= 15 is 0 Å². The average molecular weight is 383 g/mol. The zero-order valence-electron chi connectivity index (χ0n) is 16.1. The number of hydrogen-bond acceptors (Lipinski definition) is 5. The fourth-order valence-corrected chi connectivity index (χ4v) is 4.65. The van der Waals surface area contributed by atoms with Crippen LogP contribution in [0.1, 0.15) is 39.2 Å². The Balaban J connectivity index is 1.97. The lowest BCUT2D eigenvalue weighted by Crippen LogP contribution is -2.57. The highest BCUT2D eigenvalue weighted by molar-refractivity contribution is 7.92. The van der Waals surface area contributed by atoms with Crippen molar-refractivity contribution in [1.29, 1.82) is 0 Å². The lowest BCUT2D eigenvalue weighted by molar-refractivity contribution is -0.124. The van der Waals surface area contributed by atoms with Crippen LogP contribution in [-0.2, 0) is 20.0 Å². The highest BCUT2D eigenvalue weighted by Crippen LogP contribution is 2.31. The predicted octanol–water partition coefficient (Wildman–Crippen LogP) is 1.65. The number of sulfone groups is 1. The Kier molecular flexibility index (Phi) is 6.34. The van der Waals surface area contributed by atoms with E-state index in [1.165, 1.54) is 0 Å².